The molecule has 4 unspecified atom stereocenters. The lowest BCUT2D eigenvalue weighted by Crippen LogP contribution is -2.76. The van der Waals surface area contributed by atoms with Gasteiger partial charge in [-0.25, -0.2) is 0 Å². The number of hydrogen-bond acceptors (Lipinski definition) is 3. The average Bonchev–Trinajstić information content (AvgIpc) is 2.22. The van der Waals surface area contributed by atoms with E-state index in [1.54, 1.807) is 0 Å². The molecular weight excluding hydrogens is 252 g/mol. The van der Waals surface area contributed by atoms with E-state index in [2.05, 4.69) is 44.2 Å². The van der Waals surface area contributed by atoms with Crippen LogP contribution in [0.25, 0.3) is 0 Å². The van der Waals surface area contributed by atoms with Gasteiger partial charge in [-0.05, 0) is 33.3 Å². The Balaban J connectivity index is 1.87. The highest BCUT2D eigenvalue weighted by molar-refractivity contribution is 5.31. The Labute approximate surface area is 120 Å². The van der Waals surface area contributed by atoms with E-state index in [1.165, 1.54) is 5.56 Å². The molecule has 0 aliphatic carbocycles. The first-order chi connectivity index (χ1) is 9.26. The highest BCUT2D eigenvalue weighted by atomic mass is 16.8. The second kappa shape index (κ2) is 3.46. The minimum Gasteiger partial charge on any atom is -0.343 e. The molecule has 0 spiro atoms. The van der Waals surface area contributed by atoms with Crippen molar-refractivity contribution < 1.29 is 14.2 Å². The van der Waals surface area contributed by atoms with Crippen LogP contribution in [0.1, 0.15) is 52.0 Å². The van der Waals surface area contributed by atoms with E-state index in [-0.39, 0.29) is 17.1 Å². The number of hydrogen-bond donors (Lipinski definition) is 0. The normalized spacial score (nSPS) is 53.3. The molecule has 4 fully saturated rings. The zero-order chi connectivity index (χ0) is 14.2. The van der Waals surface area contributed by atoms with Crippen LogP contribution in [-0.4, -0.2) is 22.8 Å². The molecule has 0 amide bonds. The first-order valence-corrected chi connectivity index (χ1v) is 7.42. The van der Waals surface area contributed by atoms with Gasteiger partial charge in [0.15, 0.2) is 11.6 Å². The van der Waals surface area contributed by atoms with Crippen LogP contribution in [0.3, 0.4) is 0 Å². The summed E-state index contributed by atoms with van der Waals surface area (Å²) in [6, 6.07) is 10.6. The first-order valence-electron chi connectivity index (χ1n) is 7.42. The van der Waals surface area contributed by atoms with Crippen molar-refractivity contribution in [2.45, 2.75) is 69.2 Å². The van der Waals surface area contributed by atoms with Gasteiger partial charge in [-0.15, -0.1) is 0 Å². The topological polar surface area (TPSA) is 27.7 Å². The van der Waals surface area contributed by atoms with Gasteiger partial charge in [0.1, 0.15) is 0 Å². The maximum Gasteiger partial charge on any atom is 0.172 e. The van der Waals surface area contributed by atoms with Crippen molar-refractivity contribution in [2.24, 2.45) is 0 Å². The average molecular weight is 274 g/mol. The summed E-state index contributed by atoms with van der Waals surface area (Å²) in [7, 11) is 0. The highest BCUT2D eigenvalue weighted by Crippen LogP contribution is 2.64. The van der Waals surface area contributed by atoms with Gasteiger partial charge in [0.25, 0.3) is 0 Å². The Bertz CT molecular complexity index is 509. The zero-order valence-electron chi connectivity index (χ0n) is 12.6. The van der Waals surface area contributed by atoms with Crippen LogP contribution in [0.15, 0.2) is 30.3 Å². The fraction of sp³-hybridized carbons (Fsp3) is 0.647. The monoisotopic (exact) mass is 274 g/mol. The van der Waals surface area contributed by atoms with Crippen molar-refractivity contribution >= 4 is 0 Å². The Kier molecular flexibility index (Phi) is 2.22. The number of benzene rings is 1. The van der Waals surface area contributed by atoms with Gasteiger partial charge in [-0.1, -0.05) is 30.3 Å². The van der Waals surface area contributed by atoms with Crippen molar-refractivity contribution in [3.63, 3.8) is 0 Å². The molecule has 0 aromatic heterocycles. The molecule has 1 aromatic carbocycles. The third-order valence-corrected chi connectivity index (χ3v) is 5.03. The van der Waals surface area contributed by atoms with E-state index >= 15 is 0 Å². The fourth-order valence-electron chi connectivity index (χ4n) is 5.29. The molecule has 1 aromatic rings. The number of rotatable bonds is 1. The molecule has 0 radical (unpaired) electrons. The molecule has 4 saturated heterocycles. The summed E-state index contributed by atoms with van der Waals surface area (Å²) in [6.45, 7) is 8.52. The highest BCUT2D eigenvalue weighted by Gasteiger charge is 2.71. The summed E-state index contributed by atoms with van der Waals surface area (Å²) in [4.78, 5) is 0. The Morgan fingerprint density at radius 2 is 1.30 bits per heavy atom. The van der Waals surface area contributed by atoms with E-state index < -0.39 is 11.6 Å². The molecule has 4 heterocycles. The second-order valence-electron chi connectivity index (χ2n) is 7.40. The van der Waals surface area contributed by atoms with Gasteiger partial charge < -0.3 is 14.2 Å². The van der Waals surface area contributed by atoms with Crippen LogP contribution in [-0.2, 0) is 14.2 Å². The van der Waals surface area contributed by atoms with Gasteiger partial charge in [0.05, 0.1) is 11.2 Å². The predicted octanol–water partition coefficient (Wildman–Crippen LogP) is 3.59. The Morgan fingerprint density at radius 3 is 1.80 bits per heavy atom. The van der Waals surface area contributed by atoms with Gasteiger partial charge in [0, 0.05) is 18.8 Å². The van der Waals surface area contributed by atoms with Gasteiger partial charge >= 0.3 is 0 Å². The van der Waals surface area contributed by atoms with Gasteiger partial charge in [-0.2, -0.15) is 0 Å². The minimum atomic E-state index is -0.528. The molecule has 0 N–H and O–H groups in total. The molecule has 4 aliphatic heterocycles. The van der Waals surface area contributed by atoms with Gasteiger partial charge in [-0.3, -0.25) is 0 Å². The molecule has 3 nitrogen and oxygen atoms in total. The minimum absolute atomic E-state index is 0.237. The largest absolute Gasteiger partial charge is 0.343 e. The maximum atomic E-state index is 6.39. The van der Waals surface area contributed by atoms with E-state index in [1.807, 2.05) is 13.8 Å². The first kappa shape index (κ1) is 12.8. The molecule has 108 valence electrons. The predicted molar refractivity (Wildman–Crippen MR) is 75.3 cm³/mol. The van der Waals surface area contributed by atoms with Crippen molar-refractivity contribution in [3.05, 3.63) is 35.9 Å². The molecule has 3 heteroatoms. The van der Waals surface area contributed by atoms with Crippen LogP contribution in [0.2, 0.25) is 0 Å². The Morgan fingerprint density at radius 1 is 0.800 bits per heavy atom. The van der Waals surface area contributed by atoms with Crippen LogP contribution in [0, 0.1) is 0 Å². The molecule has 5 rings (SSSR count). The van der Waals surface area contributed by atoms with Crippen LogP contribution < -0.4 is 0 Å². The molecule has 4 atom stereocenters. The van der Waals surface area contributed by atoms with E-state index in [0.29, 0.717) is 0 Å². The third kappa shape index (κ3) is 1.57. The lowest BCUT2D eigenvalue weighted by Gasteiger charge is -2.69. The quantitative estimate of drug-likeness (QED) is 0.783. The number of ether oxygens (including phenoxy) is 3. The summed E-state index contributed by atoms with van der Waals surface area (Å²) < 4.78 is 18.9. The maximum absolute atomic E-state index is 6.39. The molecule has 20 heavy (non-hydrogen) atoms. The van der Waals surface area contributed by atoms with Gasteiger partial charge in [0.2, 0.25) is 0 Å². The molecule has 0 saturated carbocycles. The lowest BCUT2D eigenvalue weighted by atomic mass is 9.62. The van der Waals surface area contributed by atoms with E-state index in [9.17, 15) is 0 Å². The third-order valence-electron chi connectivity index (χ3n) is 5.03. The van der Waals surface area contributed by atoms with Crippen molar-refractivity contribution in [2.75, 3.05) is 0 Å². The van der Waals surface area contributed by atoms with Crippen LogP contribution in [0.5, 0.6) is 0 Å². The van der Waals surface area contributed by atoms with Crippen LogP contribution in [0.4, 0.5) is 0 Å². The van der Waals surface area contributed by atoms with E-state index in [0.717, 1.165) is 12.8 Å². The molecular formula is C17H22O3. The smallest absolute Gasteiger partial charge is 0.172 e. The van der Waals surface area contributed by atoms with Crippen molar-refractivity contribution in [1.29, 1.82) is 0 Å². The molecule has 4 aliphatic rings. The summed E-state index contributed by atoms with van der Waals surface area (Å²) in [6.07, 6.45) is 1.54. The summed E-state index contributed by atoms with van der Waals surface area (Å²) >= 11 is 0. The standard InChI is InChI=1S/C17H22O3/c1-14-10-16(3)19-15(2,11-17(4,18-14)20-16)13(14)12-8-6-5-7-9-12/h5-9,13H,10-11H2,1-4H3. The fourth-order valence-corrected chi connectivity index (χ4v) is 5.29. The summed E-state index contributed by atoms with van der Waals surface area (Å²) in [5.74, 6) is -0.818. The molecule has 4 bridgehead atoms. The van der Waals surface area contributed by atoms with Crippen molar-refractivity contribution in [1.82, 2.24) is 0 Å². The lowest BCUT2D eigenvalue weighted by molar-refractivity contribution is -0.518. The SMILES string of the molecule is CC12CC3(C)OC(C)(CC(C)(O1)C3c1ccccc1)O2. The van der Waals surface area contributed by atoms with Crippen LogP contribution >= 0.6 is 0 Å². The Hall–Kier alpha value is -0.900. The summed E-state index contributed by atoms with van der Waals surface area (Å²) in [5.41, 5.74) is 0.811. The summed E-state index contributed by atoms with van der Waals surface area (Å²) in [5, 5.41) is 0. The second-order valence-corrected chi connectivity index (χ2v) is 7.40. The zero-order valence-corrected chi connectivity index (χ0v) is 12.6. The van der Waals surface area contributed by atoms with E-state index in [4.69, 9.17) is 14.2 Å². The van der Waals surface area contributed by atoms with Crippen molar-refractivity contribution in [3.8, 4) is 0 Å².